The Kier molecular flexibility index (Phi) is 5.02. The van der Waals surface area contributed by atoms with Gasteiger partial charge in [0, 0.05) is 29.5 Å². The van der Waals surface area contributed by atoms with Gasteiger partial charge in [0.05, 0.1) is 6.54 Å². The molecule has 5 heteroatoms. The number of nitrogens with one attached hydrogen (secondary N) is 2. The summed E-state index contributed by atoms with van der Waals surface area (Å²) in [5, 5.41) is 6.84. The Bertz CT molecular complexity index is 485. The molecule has 0 unspecified atom stereocenters. The highest BCUT2D eigenvalue weighted by Crippen LogP contribution is 2.21. The van der Waals surface area contributed by atoms with E-state index in [0.29, 0.717) is 11.6 Å². The second kappa shape index (κ2) is 6.57. The first-order chi connectivity index (χ1) is 9.48. The molecule has 0 aromatic heterocycles. The van der Waals surface area contributed by atoms with E-state index in [0.717, 1.165) is 37.3 Å². The fourth-order valence-electron chi connectivity index (χ4n) is 2.22. The monoisotopic (exact) mass is 296 g/mol. The Balaban J connectivity index is 1.87. The molecule has 0 radical (unpaired) electrons. The standard InChI is InChI=1S/C15H21ClN2O2/c1-11-3-4-12(16)9-13(11)18-14(19)10-17-15(2)5-7-20-8-6-15/h3-4,9,17H,5-8,10H2,1-2H3,(H,18,19). The van der Waals surface area contributed by atoms with E-state index in [1.165, 1.54) is 0 Å². The number of anilines is 1. The molecule has 1 aliphatic heterocycles. The van der Waals surface area contributed by atoms with Crippen LogP contribution < -0.4 is 10.6 Å². The highest BCUT2D eigenvalue weighted by Gasteiger charge is 2.27. The summed E-state index contributed by atoms with van der Waals surface area (Å²) in [5.41, 5.74) is 1.75. The van der Waals surface area contributed by atoms with Gasteiger partial charge in [-0.15, -0.1) is 0 Å². The summed E-state index contributed by atoms with van der Waals surface area (Å²) in [6, 6.07) is 5.48. The molecule has 1 heterocycles. The highest BCUT2D eigenvalue weighted by atomic mass is 35.5. The fraction of sp³-hybridized carbons (Fsp3) is 0.533. The Hall–Kier alpha value is -1.10. The predicted octanol–water partition coefficient (Wildman–Crippen LogP) is 2.75. The summed E-state index contributed by atoms with van der Waals surface area (Å²) >= 11 is 5.94. The number of carbonyl (C=O) groups excluding carboxylic acids is 1. The largest absolute Gasteiger partial charge is 0.381 e. The Morgan fingerprint density at radius 2 is 2.10 bits per heavy atom. The van der Waals surface area contributed by atoms with E-state index < -0.39 is 0 Å². The van der Waals surface area contributed by atoms with Gasteiger partial charge in [-0.25, -0.2) is 0 Å². The van der Waals surface area contributed by atoms with Crippen LogP contribution in [0.15, 0.2) is 18.2 Å². The van der Waals surface area contributed by atoms with Crippen molar-refractivity contribution in [2.75, 3.05) is 25.1 Å². The number of amides is 1. The van der Waals surface area contributed by atoms with E-state index >= 15 is 0 Å². The number of rotatable bonds is 4. The molecule has 1 aromatic carbocycles. The quantitative estimate of drug-likeness (QED) is 0.898. The number of benzene rings is 1. The molecular weight excluding hydrogens is 276 g/mol. The smallest absolute Gasteiger partial charge is 0.238 e. The zero-order chi connectivity index (χ0) is 14.6. The minimum absolute atomic E-state index is 0.0149. The van der Waals surface area contributed by atoms with Gasteiger partial charge in [0.2, 0.25) is 5.91 Å². The molecule has 0 spiro atoms. The van der Waals surface area contributed by atoms with Gasteiger partial charge in [-0.2, -0.15) is 0 Å². The van der Waals surface area contributed by atoms with Crippen LogP contribution >= 0.6 is 11.6 Å². The first-order valence-electron chi connectivity index (χ1n) is 6.87. The van der Waals surface area contributed by atoms with Gasteiger partial charge in [0.15, 0.2) is 0 Å². The molecule has 1 fully saturated rings. The predicted molar refractivity (Wildman–Crippen MR) is 81.3 cm³/mol. The van der Waals surface area contributed by atoms with Gasteiger partial charge >= 0.3 is 0 Å². The van der Waals surface area contributed by atoms with Crippen LogP contribution in [0.1, 0.15) is 25.3 Å². The fourth-order valence-corrected chi connectivity index (χ4v) is 2.39. The van der Waals surface area contributed by atoms with Crippen LogP contribution in [0.2, 0.25) is 5.02 Å². The van der Waals surface area contributed by atoms with Gasteiger partial charge in [0.1, 0.15) is 0 Å². The summed E-state index contributed by atoms with van der Waals surface area (Å²) < 4.78 is 5.34. The Labute approximate surface area is 124 Å². The molecule has 2 rings (SSSR count). The van der Waals surface area contributed by atoms with Crippen molar-refractivity contribution in [1.29, 1.82) is 0 Å². The molecule has 1 saturated heterocycles. The highest BCUT2D eigenvalue weighted by molar-refractivity contribution is 6.31. The Morgan fingerprint density at radius 1 is 1.40 bits per heavy atom. The topological polar surface area (TPSA) is 50.4 Å². The van der Waals surface area contributed by atoms with E-state index in [1.807, 2.05) is 19.1 Å². The molecule has 0 bridgehead atoms. The van der Waals surface area contributed by atoms with Gasteiger partial charge in [0.25, 0.3) is 0 Å². The molecule has 1 aliphatic rings. The summed E-state index contributed by atoms with van der Waals surface area (Å²) in [7, 11) is 0. The van der Waals surface area contributed by atoms with Crippen molar-refractivity contribution in [1.82, 2.24) is 5.32 Å². The lowest BCUT2D eigenvalue weighted by atomic mass is 9.92. The van der Waals surface area contributed by atoms with Crippen LogP contribution in [0.25, 0.3) is 0 Å². The number of aryl methyl sites for hydroxylation is 1. The first kappa shape index (κ1) is 15.3. The lowest BCUT2D eigenvalue weighted by molar-refractivity contribution is -0.116. The van der Waals surface area contributed by atoms with Crippen molar-refractivity contribution in [2.24, 2.45) is 0 Å². The van der Waals surface area contributed by atoms with Crippen molar-refractivity contribution in [3.63, 3.8) is 0 Å². The molecular formula is C15H21ClN2O2. The van der Waals surface area contributed by atoms with Crippen LogP contribution in [0, 0.1) is 6.92 Å². The zero-order valence-corrected chi connectivity index (χ0v) is 12.7. The maximum atomic E-state index is 12.0. The molecule has 20 heavy (non-hydrogen) atoms. The number of hydrogen-bond acceptors (Lipinski definition) is 3. The lowest BCUT2D eigenvalue weighted by Crippen LogP contribution is -2.49. The van der Waals surface area contributed by atoms with Crippen LogP contribution in [0.4, 0.5) is 5.69 Å². The van der Waals surface area contributed by atoms with Gasteiger partial charge in [-0.1, -0.05) is 17.7 Å². The summed E-state index contributed by atoms with van der Waals surface area (Å²) in [5.74, 6) is -0.0527. The molecule has 0 atom stereocenters. The van der Waals surface area contributed by atoms with Crippen molar-refractivity contribution >= 4 is 23.2 Å². The second-order valence-electron chi connectivity index (χ2n) is 5.53. The van der Waals surface area contributed by atoms with Crippen LogP contribution in [0.3, 0.4) is 0 Å². The van der Waals surface area contributed by atoms with E-state index in [1.54, 1.807) is 6.07 Å². The van der Waals surface area contributed by atoms with Crippen molar-refractivity contribution in [3.8, 4) is 0 Å². The minimum atomic E-state index is -0.0527. The number of ether oxygens (including phenoxy) is 1. The maximum absolute atomic E-state index is 12.0. The van der Waals surface area contributed by atoms with E-state index in [-0.39, 0.29) is 11.4 Å². The van der Waals surface area contributed by atoms with E-state index in [2.05, 4.69) is 17.6 Å². The summed E-state index contributed by atoms with van der Waals surface area (Å²) in [6.45, 7) is 5.87. The van der Waals surface area contributed by atoms with Crippen LogP contribution in [0.5, 0.6) is 0 Å². The van der Waals surface area contributed by atoms with E-state index in [9.17, 15) is 4.79 Å². The van der Waals surface area contributed by atoms with Crippen molar-refractivity contribution in [3.05, 3.63) is 28.8 Å². The average molecular weight is 297 g/mol. The maximum Gasteiger partial charge on any atom is 0.238 e. The second-order valence-corrected chi connectivity index (χ2v) is 5.97. The molecule has 0 aliphatic carbocycles. The van der Waals surface area contributed by atoms with Crippen LogP contribution in [-0.2, 0) is 9.53 Å². The first-order valence-corrected chi connectivity index (χ1v) is 7.25. The molecule has 1 aromatic rings. The zero-order valence-electron chi connectivity index (χ0n) is 12.0. The number of hydrogen-bond donors (Lipinski definition) is 2. The van der Waals surface area contributed by atoms with Gasteiger partial charge < -0.3 is 15.4 Å². The third-order valence-electron chi connectivity index (χ3n) is 3.75. The number of carbonyl (C=O) groups is 1. The average Bonchev–Trinajstić information content (AvgIpc) is 2.42. The minimum Gasteiger partial charge on any atom is -0.381 e. The number of halogens is 1. The molecule has 1 amide bonds. The van der Waals surface area contributed by atoms with Gasteiger partial charge in [-0.05, 0) is 44.4 Å². The molecule has 0 saturated carbocycles. The van der Waals surface area contributed by atoms with Gasteiger partial charge in [-0.3, -0.25) is 4.79 Å². The van der Waals surface area contributed by atoms with Crippen molar-refractivity contribution < 1.29 is 9.53 Å². The summed E-state index contributed by atoms with van der Waals surface area (Å²) in [6.07, 6.45) is 1.85. The third-order valence-corrected chi connectivity index (χ3v) is 3.98. The SMILES string of the molecule is Cc1ccc(Cl)cc1NC(=O)CNC1(C)CCOCC1. The molecule has 2 N–H and O–H groups in total. The lowest BCUT2D eigenvalue weighted by Gasteiger charge is -2.34. The van der Waals surface area contributed by atoms with Crippen molar-refractivity contribution in [2.45, 2.75) is 32.2 Å². The van der Waals surface area contributed by atoms with Crippen LogP contribution in [-0.4, -0.2) is 31.2 Å². The normalized spacial score (nSPS) is 17.8. The summed E-state index contributed by atoms with van der Waals surface area (Å²) in [4.78, 5) is 12.0. The third kappa shape index (κ3) is 4.20. The van der Waals surface area contributed by atoms with E-state index in [4.69, 9.17) is 16.3 Å². The molecule has 110 valence electrons. The molecule has 4 nitrogen and oxygen atoms in total. The Morgan fingerprint density at radius 3 is 2.80 bits per heavy atom.